The SMILES string of the molecule is CNC(=O)c1cnc(Nc2ccccc2C)c(NC(=O)c2cc(F)c3cc[nH]c3c2)c1. The molecule has 0 bridgehead atoms. The predicted octanol–water partition coefficient (Wildman–Crippen LogP) is 4.37. The summed E-state index contributed by atoms with van der Waals surface area (Å²) in [7, 11) is 1.51. The van der Waals surface area contributed by atoms with Crippen LogP contribution in [0.3, 0.4) is 0 Å². The number of aromatic nitrogens is 2. The lowest BCUT2D eigenvalue weighted by Crippen LogP contribution is -2.20. The number of aryl methyl sites for hydroxylation is 1. The van der Waals surface area contributed by atoms with E-state index in [1.165, 1.54) is 25.4 Å². The maximum Gasteiger partial charge on any atom is 0.255 e. The Bertz CT molecular complexity index is 1300. The molecular weight excluding hydrogens is 397 g/mol. The summed E-state index contributed by atoms with van der Waals surface area (Å²) < 4.78 is 14.3. The highest BCUT2D eigenvalue weighted by Crippen LogP contribution is 2.27. The number of anilines is 3. The first-order chi connectivity index (χ1) is 15.0. The largest absolute Gasteiger partial charge is 0.361 e. The molecule has 8 heteroatoms. The van der Waals surface area contributed by atoms with E-state index in [4.69, 9.17) is 0 Å². The molecule has 0 aliphatic carbocycles. The van der Waals surface area contributed by atoms with Gasteiger partial charge in [-0.15, -0.1) is 0 Å². The minimum atomic E-state index is -0.529. The Kier molecular flexibility index (Phi) is 5.36. The van der Waals surface area contributed by atoms with Crippen molar-refractivity contribution in [3.63, 3.8) is 0 Å². The van der Waals surface area contributed by atoms with Crippen molar-refractivity contribution in [3.05, 3.63) is 83.4 Å². The van der Waals surface area contributed by atoms with Crippen molar-refractivity contribution >= 4 is 39.9 Å². The number of halogens is 1. The maximum absolute atomic E-state index is 14.3. The number of H-pyrrole nitrogens is 1. The Balaban J connectivity index is 1.70. The number of carbonyl (C=O) groups excluding carboxylic acids is 2. The van der Waals surface area contributed by atoms with Crippen LogP contribution in [0.5, 0.6) is 0 Å². The van der Waals surface area contributed by atoms with Crippen molar-refractivity contribution in [1.29, 1.82) is 0 Å². The number of nitrogens with zero attached hydrogens (tertiary/aromatic N) is 1. The minimum absolute atomic E-state index is 0.139. The summed E-state index contributed by atoms with van der Waals surface area (Å²) in [5.74, 6) is -1.01. The first-order valence-electron chi connectivity index (χ1n) is 9.59. The van der Waals surface area contributed by atoms with E-state index in [0.717, 1.165) is 11.3 Å². The number of rotatable bonds is 5. The van der Waals surface area contributed by atoms with E-state index in [1.54, 1.807) is 18.3 Å². The molecule has 0 atom stereocenters. The van der Waals surface area contributed by atoms with E-state index in [2.05, 4.69) is 25.9 Å². The molecule has 0 aliphatic rings. The minimum Gasteiger partial charge on any atom is -0.361 e. The summed E-state index contributed by atoms with van der Waals surface area (Å²) in [6, 6.07) is 13.5. The average molecular weight is 417 g/mol. The summed E-state index contributed by atoms with van der Waals surface area (Å²) in [5, 5.41) is 8.86. The van der Waals surface area contributed by atoms with Crippen LogP contribution in [0.4, 0.5) is 21.6 Å². The van der Waals surface area contributed by atoms with Crippen LogP contribution in [0.15, 0.2) is 60.9 Å². The highest BCUT2D eigenvalue weighted by Gasteiger charge is 2.16. The van der Waals surface area contributed by atoms with Crippen molar-refractivity contribution in [2.75, 3.05) is 17.7 Å². The van der Waals surface area contributed by atoms with Crippen molar-refractivity contribution in [1.82, 2.24) is 15.3 Å². The van der Waals surface area contributed by atoms with Crippen LogP contribution in [0, 0.1) is 12.7 Å². The van der Waals surface area contributed by atoms with Gasteiger partial charge in [0.1, 0.15) is 5.82 Å². The second-order valence-electron chi connectivity index (χ2n) is 6.99. The van der Waals surface area contributed by atoms with Crippen LogP contribution in [-0.2, 0) is 0 Å². The molecule has 0 fully saturated rings. The smallest absolute Gasteiger partial charge is 0.255 e. The Morgan fingerprint density at radius 2 is 1.81 bits per heavy atom. The van der Waals surface area contributed by atoms with Gasteiger partial charge in [-0.2, -0.15) is 0 Å². The van der Waals surface area contributed by atoms with Crippen molar-refractivity contribution in [3.8, 4) is 0 Å². The van der Waals surface area contributed by atoms with Gasteiger partial charge in [0.25, 0.3) is 11.8 Å². The molecule has 2 aromatic heterocycles. The number of hydrogen-bond donors (Lipinski definition) is 4. The fourth-order valence-corrected chi connectivity index (χ4v) is 3.22. The topological polar surface area (TPSA) is 98.9 Å². The molecule has 4 N–H and O–H groups in total. The third-order valence-corrected chi connectivity index (χ3v) is 4.90. The van der Waals surface area contributed by atoms with Crippen LogP contribution >= 0.6 is 0 Å². The first kappa shape index (κ1) is 20.1. The van der Waals surface area contributed by atoms with E-state index in [9.17, 15) is 14.0 Å². The van der Waals surface area contributed by atoms with Crippen LogP contribution < -0.4 is 16.0 Å². The van der Waals surface area contributed by atoms with Gasteiger partial charge in [-0.3, -0.25) is 9.59 Å². The van der Waals surface area contributed by atoms with E-state index >= 15 is 0 Å². The third kappa shape index (κ3) is 4.09. The first-order valence-corrected chi connectivity index (χ1v) is 9.59. The molecule has 0 spiro atoms. The van der Waals surface area contributed by atoms with Gasteiger partial charge >= 0.3 is 0 Å². The molecule has 0 aliphatic heterocycles. The molecule has 0 radical (unpaired) electrons. The quantitative estimate of drug-likeness (QED) is 0.388. The zero-order valence-electron chi connectivity index (χ0n) is 16.9. The lowest BCUT2D eigenvalue weighted by molar-refractivity contribution is 0.0961. The molecule has 0 saturated heterocycles. The average Bonchev–Trinajstić information content (AvgIpc) is 3.25. The molecule has 2 heterocycles. The Morgan fingerprint density at radius 3 is 2.58 bits per heavy atom. The lowest BCUT2D eigenvalue weighted by Gasteiger charge is -2.15. The number of carbonyl (C=O) groups is 2. The van der Waals surface area contributed by atoms with Gasteiger partial charge < -0.3 is 20.9 Å². The van der Waals surface area contributed by atoms with Gasteiger partial charge in [0.2, 0.25) is 0 Å². The van der Waals surface area contributed by atoms with Gasteiger partial charge in [0.05, 0.1) is 11.3 Å². The maximum atomic E-state index is 14.3. The number of pyridine rings is 1. The number of aromatic amines is 1. The van der Waals surface area contributed by atoms with Gasteiger partial charge in [0, 0.05) is 41.6 Å². The normalized spacial score (nSPS) is 10.7. The molecule has 2 amide bonds. The fourth-order valence-electron chi connectivity index (χ4n) is 3.22. The Hall–Kier alpha value is -4.20. The summed E-state index contributed by atoms with van der Waals surface area (Å²) in [6.07, 6.45) is 3.02. The van der Waals surface area contributed by atoms with Crippen molar-refractivity contribution in [2.24, 2.45) is 0 Å². The van der Waals surface area contributed by atoms with Gasteiger partial charge in [0.15, 0.2) is 5.82 Å². The summed E-state index contributed by atoms with van der Waals surface area (Å²) in [5.41, 5.74) is 3.01. The van der Waals surface area contributed by atoms with E-state index < -0.39 is 11.7 Å². The fraction of sp³-hybridized carbons (Fsp3) is 0.0870. The van der Waals surface area contributed by atoms with Crippen LogP contribution in [0.25, 0.3) is 10.9 Å². The van der Waals surface area contributed by atoms with E-state index in [1.807, 2.05) is 31.2 Å². The molecule has 0 unspecified atom stereocenters. The molecular formula is C23H20FN5O2. The molecule has 31 heavy (non-hydrogen) atoms. The standard InChI is InChI=1S/C23H20FN5O2/c1-13-5-3-4-6-18(13)28-21-20(11-15(12-27-21)22(30)25-2)29-23(31)14-9-17(24)16-7-8-26-19(16)10-14/h3-12,26H,1-2H3,(H,25,30)(H,27,28)(H,29,31). The van der Waals surface area contributed by atoms with Gasteiger partial charge in [-0.1, -0.05) is 18.2 Å². The van der Waals surface area contributed by atoms with E-state index in [0.29, 0.717) is 22.4 Å². The summed E-state index contributed by atoms with van der Waals surface area (Å²) in [4.78, 5) is 32.2. The Labute approximate surface area is 177 Å². The highest BCUT2D eigenvalue weighted by atomic mass is 19.1. The number of fused-ring (bicyclic) bond motifs is 1. The van der Waals surface area contributed by atoms with Crippen LogP contribution in [-0.4, -0.2) is 28.8 Å². The molecule has 156 valence electrons. The number of amides is 2. The number of benzene rings is 2. The van der Waals surface area contributed by atoms with E-state index in [-0.39, 0.29) is 17.0 Å². The molecule has 2 aromatic carbocycles. The van der Waals surface area contributed by atoms with Crippen molar-refractivity contribution < 1.29 is 14.0 Å². The second kappa shape index (κ2) is 8.27. The number of hydrogen-bond acceptors (Lipinski definition) is 4. The van der Waals surface area contributed by atoms with Crippen molar-refractivity contribution in [2.45, 2.75) is 6.92 Å². The predicted molar refractivity (Wildman–Crippen MR) is 118 cm³/mol. The summed E-state index contributed by atoms with van der Waals surface area (Å²) >= 11 is 0. The zero-order chi connectivity index (χ0) is 22.0. The number of para-hydroxylation sites is 1. The van der Waals surface area contributed by atoms with Crippen LogP contribution in [0.1, 0.15) is 26.3 Å². The van der Waals surface area contributed by atoms with Gasteiger partial charge in [-0.05, 0) is 42.8 Å². The molecule has 4 aromatic rings. The molecule has 7 nitrogen and oxygen atoms in total. The summed E-state index contributed by atoms with van der Waals surface area (Å²) in [6.45, 7) is 1.94. The molecule has 4 rings (SSSR count). The second-order valence-corrected chi connectivity index (χ2v) is 6.99. The molecule has 0 saturated carbocycles. The Morgan fingerprint density at radius 1 is 1.00 bits per heavy atom. The zero-order valence-corrected chi connectivity index (χ0v) is 16.9. The highest BCUT2D eigenvalue weighted by molar-refractivity contribution is 6.08. The number of nitrogens with one attached hydrogen (secondary N) is 4. The lowest BCUT2D eigenvalue weighted by atomic mass is 10.1. The van der Waals surface area contributed by atoms with Crippen LogP contribution in [0.2, 0.25) is 0 Å². The third-order valence-electron chi connectivity index (χ3n) is 4.90. The van der Waals surface area contributed by atoms with Gasteiger partial charge in [-0.25, -0.2) is 9.37 Å². The monoisotopic (exact) mass is 417 g/mol.